The normalized spacial score (nSPS) is 12.6. The summed E-state index contributed by atoms with van der Waals surface area (Å²) in [5.74, 6) is 0.972. The zero-order valence-corrected chi connectivity index (χ0v) is 14.4. The SMILES string of the molecule is Cc1ccc(C)c(NC(=O)CCC(=O)c2ccc3c(c2)OCCO3)c1. The van der Waals surface area contributed by atoms with Crippen LogP contribution < -0.4 is 14.8 Å². The van der Waals surface area contributed by atoms with Crippen LogP contribution in [0.3, 0.4) is 0 Å². The fraction of sp³-hybridized carbons (Fsp3) is 0.300. The molecule has 25 heavy (non-hydrogen) atoms. The summed E-state index contributed by atoms with van der Waals surface area (Å²) in [5, 5.41) is 2.87. The fourth-order valence-corrected chi connectivity index (χ4v) is 2.67. The van der Waals surface area contributed by atoms with Gasteiger partial charge in [-0.05, 0) is 49.2 Å². The number of aryl methyl sites for hydroxylation is 2. The molecular formula is C20H21NO4. The van der Waals surface area contributed by atoms with Gasteiger partial charge in [0, 0.05) is 24.1 Å². The highest BCUT2D eigenvalue weighted by atomic mass is 16.6. The van der Waals surface area contributed by atoms with Gasteiger partial charge in [0.2, 0.25) is 5.91 Å². The molecule has 1 heterocycles. The zero-order chi connectivity index (χ0) is 17.8. The van der Waals surface area contributed by atoms with E-state index in [1.165, 1.54) is 0 Å². The Labute approximate surface area is 147 Å². The first kappa shape index (κ1) is 17.0. The van der Waals surface area contributed by atoms with Gasteiger partial charge in [-0.3, -0.25) is 9.59 Å². The Bertz CT molecular complexity index is 813. The molecule has 2 aromatic carbocycles. The van der Waals surface area contributed by atoms with Crippen LogP contribution in [-0.4, -0.2) is 24.9 Å². The molecule has 3 rings (SSSR count). The lowest BCUT2D eigenvalue weighted by Gasteiger charge is -2.18. The minimum atomic E-state index is -0.167. The number of hydrogen-bond acceptors (Lipinski definition) is 4. The van der Waals surface area contributed by atoms with Crippen molar-refractivity contribution in [2.75, 3.05) is 18.5 Å². The summed E-state index contributed by atoms with van der Waals surface area (Å²) in [5.41, 5.74) is 3.39. The van der Waals surface area contributed by atoms with Gasteiger partial charge in [0.05, 0.1) is 0 Å². The second-order valence-corrected chi connectivity index (χ2v) is 6.15. The van der Waals surface area contributed by atoms with E-state index < -0.39 is 0 Å². The molecule has 1 N–H and O–H groups in total. The first-order valence-corrected chi connectivity index (χ1v) is 8.33. The third-order valence-electron chi connectivity index (χ3n) is 4.11. The highest BCUT2D eigenvalue weighted by Crippen LogP contribution is 2.31. The maximum absolute atomic E-state index is 12.3. The minimum absolute atomic E-state index is 0.0897. The number of benzene rings is 2. The lowest BCUT2D eigenvalue weighted by atomic mass is 10.1. The Hall–Kier alpha value is -2.82. The van der Waals surface area contributed by atoms with Crippen molar-refractivity contribution in [1.82, 2.24) is 0 Å². The highest BCUT2D eigenvalue weighted by Gasteiger charge is 2.16. The number of Topliss-reactive ketones (excluding diaryl/α,β-unsaturated/α-hetero) is 1. The standard InChI is InChI=1S/C20H21NO4/c1-13-3-4-14(2)16(11-13)21-20(23)8-6-17(22)15-5-7-18-19(12-15)25-10-9-24-18/h3-5,7,11-12H,6,8-10H2,1-2H3,(H,21,23). The van der Waals surface area contributed by atoms with Crippen LogP contribution in [-0.2, 0) is 4.79 Å². The minimum Gasteiger partial charge on any atom is -0.486 e. The Morgan fingerprint density at radius 3 is 2.52 bits per heavy atom. The average molecular weight is 339 g/mol. The summed E-state index contributed by atoms with van der Waals surface area (Å²) >= 11 is 0. The van der Waals surface area contributed by atoms with Crippen molar-refractivity contribution in [3.8, 4) is 11.5 Å². The second kappa shape index (κ2) is 7.38. The molecule has 0 fully saturated rings. The van der Waals surface area contributed by atoms with Crippen molar-refractivity contribution in [3.05, 3.63) is 53.1 Å². The van der Waals surface area contributed by atoms with Crippen LogP contribution in [0.5, 0.6) is 11.5 Å². The molecule has 1 aliphatic heterocycles. The molecule has 1 aliphatic rings. The van der Waals surface area contributed by atoms with Gasteiger partial charge in [-0.1, -0.05) is 12.1 Å². The summed E-state index contributed by atoms with van der Waals surface area (Å²) in [6, 6.07) is 11.0. The number of ketones is 1. The van der Waals surface area contributed by atoms with E-state index >= 15 is 0 Å². The van der Waals surface area contributed by atoms with Gasteiger partial charge in [-0.15, -0.1) is 0 Å². The molecule has 2 aromatic rings. The molecule has 0 aromatic heterocycles. The first-order chi connectivity index (χ1) is 12.0. The molecule has 0 aliphatic carbocycles. The monoisotopic (exact) mass is 339 g/mol. The fourth-order valence-electron chi connectivity index (χ4n) is 2.67. The third-order valence-corrected chi connectivity index (χ3v) is 4.11. The van der Waals surface area contributed by atoms with Gasteiger partial charge < -0.3 is 14.8 Å². The molecule has 0 bridgehead atoms. The highest BCUT2D eigenvalue weighted by molar-refractivity contribution is 6.00. The molecule has 130 valence electrons. The summed E-state index contributed by atoms with van der Waals surface area (Å²) in [7, 11) is 0. The molecule has 0 radical (unpaired) electrons. The number of fused-ring (bicyclic) bond motifs is 1. The number of anilines is 1. The summed E-state index contributed by atoms with van der Waals surface area (Å²) in [6.07, 6.45) is 0.289. The molecule has 5 heteroatoms. The van der Waals surface area contributed by atoms with E-state index in [-0.39, 0.29) is 24.5 Å². The van der Waals surface area contributed by atoms with E-state index in [1.807, 2.05) is 32.0 Å². The Kier molecular flexibility index (Phi) is 5.03. The third kappa shape index (κ3) is 4.18. The predicted octanol–water partition coefficient (Wildman–Crippen LogP) is 3.68. The summed E-state index contributed by atoms with van der Waals surface area (Å²) in [6.45, 7) is 4.90. The number of nitrogens with one attached hydrogen (secondary N) is 1. The summed E-state index contributed by atoms with van der Waals surface area (Å²) in [4.78, 5) is 24.5. The molecule has 5 nitrogen and oxygen atoms in total. The van der Waals surface area contributed by atoms with Crippen LogP contribution in [0.1, 0.15) is 34.3 Å². The van der Waals surface area contributed by atoms with Gasteiger partial charge in [-0.2, -0.15) is 0 Å². The Morgan fingerprint density at radius 1 is 0.960 bits per heavy atom. The van der Waals surface area contributed by atoms with Crippen LogP contribution >= 0.6 is 0 Å². The van der Waals surface area contributed by atoms with Crippen LogP contribution in [0, 0.1) is 13.8 Å². The van der Waals surface area contributed by atoms with E-state index in [0.29, 0.717) is 30.3 Å². The molecule has 1 amide bonds. The number of amides is 1. The topological polar surface area (TPSA) is 64.6 Å². The zero-order valence-electron chi connectivity index (χ0n) is 14.4. The second-order valence-electron chi connectivity index (χ2n) is 6.15. The first-order valence-electron chi connectivity index (χ1n) is 8.33. The number of carbonyl (C=O) groups excluding carboxylic acids is 2. The lowest BCUT2D eigenvalue weighted by Crippen LogP contribution is -2.16. The lowest BCUT2D eigenvalue weighted by molar-refractivity contribution is -0.116. The average Bonchev–Trinajstić information content (AvgIpc) is 2.62. The molecule has 0 saturated carbocycles. The Balaban J connectivity index is 1.58. The van der Waals surface area contributed by atoms with Gasteiger partial charge >= 0.3 is 0 Å². The number of carbonyl (C=O) groups is 2. The van der Waals surface area contributed by atoms with E-state index in [1.54, 1.807) is 18.2 Å². The Morgan fingerprint density at radius 2 is 1.72 bits per heavy atom. The van der Waals surface area contributed by atoms with Crippen LogP contribution in [0.2, 0.25) is 0 Å². The van der Waals surface area contributed by atoms with Gasteiger partial charge in [0.1, 0.15) is 13.2 Å². The molecular weight excluding hydrogens is 318 g/mol. The largest absolute Gasteiger partial charge is 0.486 e. The van der Waals surface area contributed by atoms with Crippen molar-refractivity contribution in [2.45, 2.75) is 26.7 Å². The van der Waals surface area contributed by atoms with Crippen LogP contribution in [0.4, 0.5) is 5.69 Å². The van der Waals surface area contributed by atoms with Crippen molar-refractivity contribution in [2.24, 2.45) is 0 Å². The van der Waals surface area contributed by atoms with Crippen molar-refractivity contribution < 1.29 is 19.1 Å². The predicted molar refractivity (Wildman–Crippen MR) is 95.5 cm³/mol. The molecule has 0 atom stereocenters. The van der Waals surface area contributed by atoms with Crippen LogP contribution in [0.25, 0.3) is 0 Å². The van der Waals surface area contributed by atoms with Gasteiger partial charge in [0.25, 0.3) is 0 Å². The molecule has 0 unspecified atom stereocenters. The smallest absolute Gasteiger partial charge is 0.224 e. The van der Waals surface area contributed by atoms with E-state index in [2.05, 4.69) is 5.32 Å². The number of ether oxygens (including phenoxy) is 2. The van der Waals surface area contributed by atoms with Crippen molar-refractivity contribution in [1.29, 1.82) is 0 Å². The van der Waals surface area contributed by atoms with Crippen molar-refractivity contribution in [3.63, 3.8) is 0 Å². The van der Waals surface area contributed by atoms with E-state index in [9.17, 15) is 9.59 Å². The van der Waals surface area contributed by atoms with E-state index in [4.69, 9.17) is 9.47 Å². The molecule has 0 saturated heterocycles. The number of hydrogen-bond donors (Lipinski definition) is 1. The maximum atomic E-state index is 12.3. The van der Waals surface area contributed by atoms with Gasteiger partial charge in [0.15, 0.2) is 17.3 Å². The van der Waals surface area contributed by atoms with Crippen LogP contribution in [0.15, 0.2) is 36.4 Å². The maximum Gasteiger partial charge on any atom is 0.224 e. The quantitative estimate of drug-likeness (QED) is 0.844. The van der Waals surface area contributed by atoms with E-state index in [0.717, 1.165) is 16.8 Å². The summed E-state index contributed by atoms with van der Waals surface area (Å²) < 4.78 is 10.9. The number of rotatable bonds is 5. The van der Waals surface area contributed by atoms with Gasteiger partial charge in [-0.25, -0.2) is 0 Å². The van der Waals surface area contributed by atoms with Crippen molar-refractivity contribution >= 4 is 17.4 Å². The molecule has 0 spiro atoms.